The summed E-state index contributed by atoms with van der Waals surface area (Å²) in [4.78, 5) is 0. The van der Waals surface area contributed by atoms with E-state index in [2.05, 4.69) is 53.3 Å². The Kier molecular flexibility index (Phi) is 4.31. The van der Waals surface area contributed by atoms with Crippen LogP contribution in [-0.2, 0) is 6.54 Å². The number of anilines is 1. The van der Waals surface area contributed by atoms with Crippen molar-refractivity contribution in [1.82, 2.24) is 0 Å². The molecular formula is C15H15BrClN. The molecule has 18 heavy (non-hydrogen) atoms. The molecule has 1 N–H and O–H groups in total. The molecule has 0 atom stereocenters. The maximum Gasteiger partial charge on any atom is 0.0417 e. The third-order valence-electron chi connectivity index (χ3n) is 3.00. The van der Waals surface area contributed by atoms with Crippen LogP contribution in [0.15, 0.2) is 40.9 Å². The topological polar surface area (TPSA) is 12.0 Å². The molecule has 0 saturated heterocycles. The molecule has 0 fully saturated rings. The maximum atomic E-state index is 5.92. The van der Waals surface area contributed by atoms with Crippen LogP contribution in [0.1, 0.15) is 16.7 Å². The number of benzene rings is 2. The van der Waals surface area contributed by atoms with Gasteiger partial charge in [-0.1, -0.05) is 39.7 Å². The number of aryl methyl sites for hydroxylation is 2. The van der Waals surface area contributed by atoms with Gasteiger partial charge in [0.25, 0.3) is 0 Å². The molecule has 0 aliphatic heterocycles. The minimum atomic E-state index is 0.747. The quantitative estimate of drug-likeness (QED) is 0.804. The first-order valence-electron chi connectivity index (χ1n) is 5.81. The third kappa shape index (κ3) is 3.27. The van der Waals surface area contributed by atoms with Gasteiger partial charge in [0.15, 0.2) is 0 Å². The smallest absolute Gasteiger partial charge is 0.0417 e. The summed E-state index contributed by atoms with van der Waals surface area (Å²) in [6, 6.07) is 12.3. The number of hydrogen-bond acceptors (Lipinski definition) is 1. The highest BCUT2D eigenvalue weighted by Gasteiger charge is 2.01. The van der Waals surface area contributed by atoms with Crippen LogP contribution in [0.5, 0.6) is 0 Å². The second kappa shape index (κ2) is 5.77. The Bertz CT molecular complexity index is 566. The van der Waals surface area contributed by atoms with E-state index >= 15 is 0 Å². The Labute approximate surface area is 121 Å². The summed E-state index contributed by atoms with van der Waals surface area (Å²) in [6.07, 6.45) is 0. The van der Waals surface area contributed by atoms with Crippen LogP contribution < -0.4 is 5.32 Å². The summed E-state index contributed by atoms with van der Waals surface area (Å²) in [5.41, 5.74) is 4.95. The van der Waals surface area contributed by atoms with Crippen molar-refractivity contribution in [1.29, 1.82) is 0 Å². The second-order valence-corrected chi connectivity index (χ2v) is 5.68. The Morgan fingerprint density at radius 2 is 1.83 bits per heavy atom. The lowest BCUT2D eigenvalue weighted by Gasteiger charge is -2.10. The maximum absolute atomic E-state index is 5.92. The van der Waals surface area contributed by atoms with Crippen LogP contribution in [-0.4, -0.2) is 0 Å². The van der Waals surface area contributed by atoms with E-state index < -0.39 is 0 Å². The minimum Gasteiger partial charge on any atom is -0.381 e. The van der Waals surface area contributed by atoms with Crippen LogP contribution in [0.3, 0.4) is 0 Å². The van der Waals surface area contributed by atoms with Crippen LogP contribution in [0.25, 0.3) is 0 Å². The molecule has 0 saturated carbocycles. The average Bonchev–Trinajstić information content (AvgIpc) is 2.32. The standard InChI is InChI=1S/C15H15BrClN/c1-10-3-6-14(7-11(10)2)18-9-12-4-5-13(17)8-15(12)16/h3-8,18H,9H2,1-2H3. The van der Waals surface area contributed by atoms with Crippen LogP contribution in [0.4, 0.5) is 5.69 Å². The molecule has 0 heterocycles. The van der Waals surface area contributed by atoms with Gasteiger partial charge in [0, 0.05) is 21.7 Å². The van der Waals surface area contributed by atoms with E-state index in [1.807, 2.05) is 18.2 Å². The highest BCUT2D eigenvalue weighted by atomic mass is 79.9. The zero-order valence-electron chi connectivity index (χ0n) is 10.4. The molecule has 94 valence electrons. The number of halogens is 2. The molecule has 3 heteroatoms. The highest BCUT2D eigenvalue weighted by molar-refractivity contribution is 9.10. The fraction of sp³-hybridized carbons (Fsp3) is 0.200. The SMILES string of the molecule is Cc1ccc(NCc2ccc(Cl)cc2Br)cc1C. The van der Waals surface area contributed by atoms with Crippen molar-refractivity contribution >= 4 is 33.2 Å². The van der Waals surface area contributed by atoms with E-state index in [4.69, 9.17) is 11.6 Å². The predicted octanol–water partition coefficient (Wildman–Crippen LogP) is 5.33. The Hall–Kier alpha value is -0.990. The van der Waals surface area contributed by atoms with Gasteiger partial charge in [0.2, 0.25) is 0 Å². The molecule has 0 aliphatic rings. The van der Waals surface area contributed by atoms with Crippen molar-refractivity contribution in [2.75, 3.05) is 5.32 Å². The fourth-order valence-electron chi connectivity index (χ4n) is 1.71. The third-order valence-corrected chi connectivity index (χ3v) is 3.98. The molecule has 0 spiro atoms. The van der Waals surface area contributed by atoms with E-state index in [9.17, 15) is 0 Å². The van der Waals surface area contributed by atoms with Gasteiger partial charge in [-0.15, -0.1) is 0 Å². The monoisotopic (exact) mass is 323 g/mol. The van der Waals surface area contributed by atoms with Crippen molar-refractivity contribution < 1.29 is 0 Å². The Balaban J connectivity index is 2.09. The zero-order valence-corrected chi connectivity index (χ0v) is 12.8. The lowest BCUT2D eigenvalue weighted by atomic mass is 10.1. The van der Waals surface area contributed by atoms with Crippen LogP contribution in [0, 0.1) is 13.8 Å². The van der Waals surface area contributed by atoms with E-state index in [1.165, 1.54) is 16.7 Å². The second-order valence-electron chi connectivity index (χ2n) is 4.39. The van der Waals surface area contributed by atoms with Crippen molar-refractivity contribution in [3.05, 3.63) is 62.6 Å². The van der Waals surface area contributed by atoms with Crippen molar-refractivity contribution in [3.8, 4) is 0 Å². The highest BCUT2D eigenvalue weighted by Crippen LogP contribution is 2.23. The number of nitrogens with one attached hydrogen (secondary N) is 1. The summed E-state index contributed by atoms with van der Waals surface area (Å²) >= 11 is 9.44. The van der Waals surface area contributed by atoms with Crippen molar-refractivity contribution in [2.24, 2.45) is 0 Å². The molecule has 0 amide bonds. The molecule has 2 rings (SSSR count). The molecule has 2 aromatic rings. The van der Waals surface area contributed by atoms with Gasteiger partial charge in [-0.25, -0.2) is 0 Å². The molecular weight excluding hydrogens is 310 g/mol. The summed E-state index contributed by atoms with van der Waals surface area (Å²) < 4.78 is 1.03. The van der Waals surface area contributed by atoms with Crippen molar-refractivity contribution in [3.63, 3.8) is 0 Å². The molecule has 0 aromatic heterocycles. The molecule has 0 radical (unpaired) electrons. The average molecular weight is 325 g/mol. The lowest BCUT2D eigenvalue weighted by Crippen LogP contribution is -2.00. The summed E-state index contributed by atoms with van der Waals surface area (Å²) in [5, 5.41) is 4.16. The van der Waals surface area contributed by atoms with E-state index in [-0.39, 0.29) is 0 Å². The van der Waals surface area contributed by atoms with Gasteiger partial charge in [-0.3, -0.25) is 0 Å². The molecule has 0 bridgehead atoms. The van der Waals surface area contributed by atoms with E-state index in [1.54, 1.807) is 0 Å². The molecule has 0 aliphatic carbocycles. The normalized spacial score (nSPS) is 10.4. The summed E-state index contributed by atoms with van der Waals surface area (Å²) in [6.45, 7) is 5.02. The largest absolute Gasteiger partial charge is 0.381 e. The molecule has 1 nitrogen and oxygen atoms in total. The van der Waals surface area contributed by atoms with Crippen LogP contribution >= 0.6 is 27.5 Å². The first-order chi connectivity index (χ1) is 8.56. The first kappa shape index (κ1) is 13.4. The van der Waals surface area contributed by atoms with Gasteiger partial charge in [-0.05, 0) is 54.8 Å². The van der Waals surface area contributed by atoms with Gasteiger partial charge in [0.05, 0.1) is 0 Å². The molecule has 0 unspecified atom stereocenters. The fourth-order valence-corrected chi connectivity index (χ4v) is 2.54. The summed E-state index contributed by atoms with van der Waals surface area (Å²) in [7, 11) is 0. The minimum absolute atomic E-state index is 0.747. The number of hydrogen-bond donors (Lipinski definition) is 1. The van der Waals surface area contributed by atoms with Gasteiger partial charge in [-0.2, -0.15) is 0 Å². The van der Waals surface area contributed by atoms with Crippen molar-refractivity contribution in [2.45, 2.75) is 20.4 Å². The van der Waals surface area contributed by atoms with E-state index in [0.717, 1.165) is 21.7 Å². The number of rotatable bonds is 3. The zero-order chi connectivity index (χ0) is 13.1. The molecule has 2 aromatic carbocycles. The lowest BCUT2D eigenvalue weighted by molar-refractivity contribution is 1.13. The van der Waals surface area contributed by atoms with E-state index in [0.29, 0.717) is 0 Å². The summed E-state index contributed by atoms with van der Waals surface area (Å²) in [5.74, 6) is 0. The Morgan fingerprint density at radius 1 is 1.06 bits per heavy atom. The van der Waals surface area contributed by atoms with Gasteiger partial charge >= 0.3 is 0 Å². The predicted molar refractivity (Wildman–Crippen MR) is 82.4 cm³/mol. The van der Waals surface area contributed by atoms with Crippen LogP contribution in [0.2, 0.25) is 5.02 Å². The Morgan fingerprint density at radius 3 is 2.50 bits per heavy atom. The van der Waals surface area contributed by atoms with Gasteiger partial charge in [0.1, 0.15) is 0 Å². The van der Waals surface area contributed by atoms with Gasteiger partial charge < -0.3 is 5.32 Å². The first-order valence-corrected chi connectivity index (χ1v) is 6.98.